The lowest BCUT2D eigenvalue weighted by Gasteiger charge is -2.11. The number of terminal acetylenes is 1. The van der Waals surface area contributed by atoms with Crippen molar-refractivity contribution in [1.82, 2.24) is 0 Å². The smallest absolute Gasteiger partial charge is 0.215 e. The predicted octanol–water partition coefficient (Wildman–Crippen LogP) is 1.45. The van der Waals surface area contributed by atoms with Crippen LogP contribution in [-0.2, 0) is 16.2 Å². The molecule has 0 aliphatic carbocycles. The molecule has 86 valence electrons. The first kappa shape index (κ1) is 12.2. The summed E-state index contributed by atoms with van der Waals surface area (Å²) in [5, 5.41) is 9.78. The third-order valence-corrected chi connectivity index (χ3v) is 1.81. The molecule has 0 heterocycles. The fourth-order valence-electron chi connectivity index (χ4n) is 1.18. The van der Waals surface area contributed by atoms with Crippen LogP contribution in [0.3, 0.4) is 0 Å². The third kappa shape index (κ3) is 2.57. The molecule has 0 atom stereocenters. The molecule has 0 spiro atoms. The summed E-state index contributed by atoms with van der Waals surface area (Å²) in [6.45, 7) is 0. The number of phenolic OH excluding ortho intramolecular Hbond substituents is 1. The van der Waals surface area contributed by atoms with Crippen LogP contribution in [0.25, 0.3) is 0 Å². The SMILES string of the molecule is C#CCc1ccc(OOC)c(O)c1OOC. The summed E-state index contributed by atoms with van der Waals surface area (Å²) in [6.07, 6.45) is 5.49. The van der Waals surface area contributed by atoms with E-state index < -0.39 is 0 Å². The highest BCUT2D eigenvalue weighted by Crippen LogP contribution is 2.39. The summed E-state index contributed by atoms with van der Waals surface area (Å²) < 4.78 is 0. The summed E-state index contributed by atoms with van der Waals surface area (Å²) in [5.41, 5.74) is 0.616. The summed E-state index contributed by atoms with van der Waals surface area (Å²) in [4.78, 5) is 18.5. The van der Waals surface area contributed by atoms with E-state index in [1.54, 1.807) is 6.07 Å². The van der Waals surface area contributed by atoms with Gasteiger partial charge in [0.2, 0.25) is 17.2 Å². The maximum atomic E-state index is 9.78. The largest absolute Gasteiger partial charge is 0.501 e. The third-order valence-electron chi connectivity index (χ3n) is 1.81. The molecular formula is C11H12O5. The highest BCUT2D eigenvalue weighted by Gasteiger charge is 2.16. The number of phenols is 1. The molecule has 1 rings (SSSR count). The molecule has 0 unspecified atom stereocenters. The molecule has 5 heteroatoms. The standard InChI is InChI=1S/C11H12O5/c1-4-5-8-6-7-9(15-13-2)10(12)11(8)16-14-3/h1,6-7,12H,5H2,2-3H3. The minimum absolute atomic E-state index is 0.120. The van der Waals surface area contributed by atoms with E-state index in [0.29, 0.717) is 12.0 Å². The zero-order chi connectivity index (χ0) is 12.0. The molecule has 1 aromatic carbocycles. The lowest BCUT2D eigenvalue weighted by molar-refractivity contribution is -0.186. The van der Waals surface area contributed by atoms with Crippen LogP contribution in [0.2, 0.25) is 0 Å². The van der Waals surface area contributed by atoms with Crippen LogP contribution in [0.1, 0.15) is 5.56 Å². The highest BCUT2D eigenvalue weighted by atomic mass is 17.2. The van der Waals surface area contributed by atoms with Gasteiger partial charge in [0.15, 0.2) is 0 Å². The first-order valence-electron chi connectivity index (χ1n) is 4.44. The van der Waals surface area contributed by atoms with Crippen LogP contribution >= 0.6 is 0 Å². The lowest BCUT2D eigenvalue weighted by Crippen LogP contribution is -1.99. The van der Waals surface area contributed by atoms with Gasteiger partial charge in [0.1, 0.15) is 0 Å². The van der Waals surface area contributed by atoms with Crippen LogP contribution in [0.4, 0.5) is 0 Å². The van der Waals surface area contributed by atoms with Gasteiger partial charge in [-0.25, -0.2) is 0 Å². The zero-order valence-electron chi connectivity index (χ0n) is 9.02. The molecular weight excluding hydrogens is 212 g/mol. The Kier molecular flexibility index (Phi) is 4.45. The van der Waals surface area contributed by atoms with Crippen LogP contribution in [0, 0.1) is 12.3 Å². The Morgan fingerprint density at radius 3 is 2.50 bits per heavy atom. The van der Waals surface area contributed by atoms with Crippen molar-refractivity contribution in [2.24, 2.45) is 0 Å². The molecule has 1 aromatic rings. The highest BCUT2D eigenvalue weighted by molar-refractivity contribution is 5.55. The Morgan fingerprint density at radius 1 is 1.25 bits per heavy atom. The van der Waals surface area contributed by atoms with E-state index >= 15 is 0 Å². The Bertz CT molecular complexity index is 394. The zero-order valence-corrected chi connectivity index (χ0v) is 9.02. The van der Waals surface area contributed by atoms with Crippen LogP contribution in [0.5, 0.6) is 17.2 Å². The fraction of sp³-hybridized carbons (Fsp3) is 0.273. The van der Waals surface area contributed by atoms with Crippen molar-refractivity contribution in [3.63, 3.8) is 0 Å². The first-order chi connectivity index (χ1) is 7.74. The van der Waals surface area contributed by atoms with E-state index in [1.165, 1.54) is 20.3 Å². The number of rotatable bonds is 5. The molecule has 0 bridgehead atoms. The van der Waals surface area contributed by atoms with Crippen molar-refractivity contribution in [2.75, 3.05) is 14.2 Å². The van der Waals surface area contributed by atoms with Crippen LogP contribution in [-0.4, -0.2) is 19.3 Å². The van der Waals surface area contributed by atoms with Gasteiger partial charge in [0.05, 0.1) is 14.2 Å². The van der Waals surface area contributed by atoms with Gasteiger partial charge >= 0.3 is 0 Å². The summed E-state index contributed by atoms with van der Waals surface area (Å²) in [5.74, 6) is 2.46. The van der Waals surface area contributed by atoms with Gasteiger partial charge in [0.25, 0.3) is 0 Å². The molecule has 0 fully saturated rings. The molecule has 0 aliphatic rings. The molecule has 16 heavy (non-hydrogen) atoms. The Labute approximate surface area is 93.4 Å². The second-order valence-corrected chi connectivity index (χ2v) is 2.78. The average molecular weight is 224 g/mol. The summed E-state index contributed by atoms with van der Waals surface area (Å²) in [6, 6.07) is 3.18. The van der Waals surface area contributed by atoms with Crippen molar-refractivity contribution >= 4 is 0 Å². The number of benzene rings is 1. The van der Waals surface area contributed by atoms with Crippen molar-refractivity contribution < 1.29 is 24.7 Å². The van der Waals surface area contributed by atoms with E-state index in [-0.39, 0.29) is 17.2 Å². The summed E-state index contributed by atoms with van der Waals surface area (Å²) >= 11 is 0. The average Bonchev–Trinajstić information content (AvgIpc) is 2.28. The minimum Gasteiger partial charge on any atom is -0.501 e. The van der Waals surface area contributed by atoms with Gasteiger partial charge in [0, 0.05) is 12.0 Å². The molecule has 0 saturated heterocycles. The fourth-order valence-corrected chi connectivity index (χ4v) is 1.18. The van der Waals surface area contributed by atoms with Crippen molar-refractivity contribution in [2.45, 2.75) is 6.42 Å². The van der Waals surface area contributed by atoms with Gasteiger partial charge in [-0.2, -0.15) is 9.78 Å². The van der Waals surface area contributed by atoms with E-state index in [2.05, 4.69) is 15.7 Å². The van der Waals surface area contributed by atoms with Crippen molar-refractivity contribution in [3.8, 4) is 29.6 Å². The maximum Gasteiger partial charge on any atom is 0.215 e. The minimum atomic E-state index is -0.226. The summed E-state index contributed by atoms with van der Waals surface area (Å²) in [7, 11) is 2.65. The topological polar surface area (TPSA) is 57.2 Å². The Hall–Kier alpha value is -1.90. The van der Waals surface area contributed by atoms with Gasteiger partial charge in [-0.1, -0.05) is 6.07 Å². The number of hydrogen-bond donors (Lipinski definition) is 1. The van der Waals surface area contributed by atoms with E-state index in [4.69, 9.17) is 16.2 Å². The Morgan fingerprint density at radius 2 is 1.94 bits per heavy atom. The molecule has 0 amide bonds. The molecule has 0 aliphatic heterocycles. The van der Waals surface area contributed by atoms with Gasteiger partial charge in [-0.3, -0.25) is 0 Å². The number of hydrogen-bond acceptors (Lipinski definition) is 5. The van der Waals surface area contributed by atoms with E-state index in [9.17, 15) is 5.11 Å². The molecule has 5 nitrogen and oxygen atoms in total. The van der Waals surface area contributed by atoms with Gasteiger partial charge in [-0.05, 0) is 6.07 Å². The molecule has 0 aromatic heterocycles. The van der Waals surface area contributed by atoms with Crippen LogP contribution < -0.4 is 9.78 Å². The molecule has 0 radical (unpaired) electrons. The lowest BCUT2D eigenvalue weighted by atomic mass is 10.1. The van der Waals surface area contributed by atoms with Crippen molar-refractivity contribution in [3.05, 3.63) is 17.7 Å². The first-order valence-corrected chi connectivity index (χ1v) is 4.44. The maximum absolute atomic E-state index is 9.78. The van der Waals surface area contributed by atoms with Crippen molar-refractivity contribution in [1.29, 1.82) is 0 Å². The quantitative estimate of drug-likeness (QED) is 0.466. The monoisotopic (exact) mass is 224 g/mol. The number of aromatic hydroxyl groups is 1. The van der Waals surface area contributed by atoms with Crippen LogP contribution in [0.15, 0.2) is 12.1 Å². The second-order valence-electron chi connectivity index (χ2n) is 2.78. The van der Waals surface area contributed by atoms with Gasteiger partial charge in [-0.15, -0.1) is 12.3 Å². The molecule has 1 N–H and O–H groups in total. The van der Waals surface area contributed by atoms with E-state index in [0.717, 1.165) is 0 Å². The normalized spacial score (nSPS) is 9.56. The predicted molar refractivity (Wildman–Crippen MR) is 55.9 cm³/mol. The van der Waals surface area contributed by atoms with E-state index in [1.807, 2.05) is 0 Å². The van der Waals surface area contributed by atoms with Gasteiger partial charge < -0.3 is 14.9 Å². The second kappa shape index (κ2) is 5.85. The Balaban J connectivity index is 3.13. The molecule has 0 saturated carbocycles.